The molecule has 0 aliphatic heterocycles. The molecule has 0 aliphatic rings. The summed E-state index contributed by atoms with van der Waals surface area (Å²) >= 11 is 1.75. The first-order chi connectivity index (χ1) is 9.61. The molecule has 1 atom stereocenters. The number of benzene rings is 1. The molecule has 0 spiro atoms. The SMILES string of the molecule is CSC(C)c1cccc(NC(=O)c2nccnc2N)c1. The number of nitrogen functional groups attached to an aromatic ring is 1. The van der Waals surface area contributed by atoms with Crippen molar-refractivity contribution in [2.75, 3.05) is 17.3 Å². The molecule has 2 aromatic rings. The number of anilines is 2. The molecule has 2 rings (SSSR count). The standard InChI is InChI=1S/C14H16N4OS/c1-9(20-2)10-4-3-5-11(8-10)18-14(19)12-13(15)17-7-6-16-12/h3-9H,1-2H3,(H2,15,17)(H,18,19). The van der Waals surface area contributed by atoms with Crippen molar-refractivity contribution in [2.45, 2.75) is 12.2 Å². The maximum absolute atomic E-state index is 12.1. The smallest absolute Gasteiger partial charge is 0.278 e. The van der Waals surface area contributed by atoms with Gasteiger partial charge >= 0.3 is 0 Å². The third-order valence-corrected chi connectivity index (χ3v) is 3.89. The van der Waals surface area contributed by atoms with Crippen LogP contribution in [0.4, 0.5) is 11.5 Å². The molecule has 104 valence electrons. The van der Waals surface area contributed by atoms with Crippen LogP contribution in [-0.2, 0) is 0 Å². The Labute approximate surface area is 122 Å². The van der Waals surface area contributed by atoms with Crippen molar-refractivity contribution in [1.29, 1.82) is 0 Å². The number of aromatic nitrogens is 2. The van der Waals surface area contributed by atoms with Gasteiger partial charge < -0.3 is 11.1 Å². The van der Waals surface area contributed by atoms with Crippen molar-refractivity contribution in [3.8, 4) is 0 Å². The number of nitrogens with zero attached hydrogens (tertiary/aromatic N) is 2. The van der Waals surface area contributed by atoms with Gasteiger partial charge in [-0.25, -0.2) is 9.97 Å². The van der Waals surface area contributed by atoms with Gasteiger partial charge in [-0.3, -0.25) is 4.79 Å². The summed E-state index contributed by atoms with van der Waals surface area (Å²) in [6.45, 7) is 2.12. The van der Waals surface area contributed by atoms with Crippen LogP contribution in [0.3, 0.4) is 0 Å². The van der Waals surface area contributed by atoms with Gasteiger partial charge in [-0.1, -0.05) is 12.1 Å². The second-order valence-corrected chi connectivity index (χ2v) is 5.43. The van der Waals surface area contributed by atoms with Crippen molar-refractivity contribution in [3.63, 3.8) is 0 Å². The predicted molar refractivity (Wildman–Crippen MR) is 82.8 cm³/mol. The fraction of sp³-hybridized carbons (Fsp3) is 0.214. The minimum absolute atomic E-state index is 0.124. The van der Waals surface area contributed by atoms with E-state index in [0.29, 0.717) is 5.25 Å². The fourth-order valence-electron chi connectivity index (χ4n) is 1.72. The van der Waals surface area contributed by atoms with E-state index in [1.54, 1.807) is 11.8 Å². The Morgan fingerprint density at radius 2 is 2.10 bits per heavy atom. The van der Waals surface area contributed by atoms with Crippen LogP contribution >= 0.6 is 11.8 Å². The van der Waals surface area contributed by atoms with E-state index >= 15 is 0 Å². The van der Waals surface area contributed by atoms with Crippen LogP contribution in [-0.4, -0.2) is 22.1 Å². The molecular formula is C14H16N4OS. The van der Waals surface area contributed by atoms with Crippen LogP contribution in [0.5, 0.6) is 0 Å². The number of hydrogen-bond donors (Lipinski definition) is 2. The van der Waals surface area contributed by atoms with E-state index in [1.165, 1.54) is 12.4 Å². The Morgan fingerprint density at radius 1 is 1.35 bits per heavy atom. The van der Waals surface area contributed by atoms with E-state index in [1.807, 2.05) is 24.3 Å². The summed E-state index contributed by atoms with van der Waals surface area (Å²) in [4.78, 5) is 19.9. The summed E-state index contributed by atoms with van der Waals surface area (Å²) < 4.78 is 0. The van der Waals surface area contributed by atoms with Crippen LogP contribution < -0.4 is 11.1 Å². The first-order valence-corrected chi connectivity index (χ1v) is 7.41. The van der Waals surface area contributed by atoms with Gasteiger partial charge in [0.15, 0.2) is 11.5 Å². The molecule has 1 amide bonds. The molecule has 20 heavy (non-hydrogen) atoms. The maximum atomic E-state index is 12.1. The first-order valence-electron chi connectivity index (χ1n) is 6.12. The van der Waals surface area contributed by atoms with Gasteiger partial charge in [0.25, 0.3) is 5.91 Å². The number of thioether (sulfide) groups is 1. The lowest BCUT2D eigenvalue weighted by atomic mass is 10.1. The zero-order valence-corrected chi connectivity index (χ0v) is 12.1. The average Bonchev–Trinajstić information content (AvgIpc) is 2.47. The lowest BCUT2D eigenvalue weighted by molar-refractivity contribution is 0.102. The third kappa shape index (κ3) is 3.27. The molecule has 1 aromatic carbocycles. The van der Waals surface area contributed by atoms with E-state index in [-0.39, 0.29) is 17.4 Å². The molecular weight excluding hydrogens is 272 g/mol. The Morgan fingerprint density at radius 3 is 2.80 bits per heavy atom. The van der Waals surface area contributed by atoms with Crippen LogP contribution in [0.15, 0.2) is 36.7 Å². The molecule has 0 saturated carbocycles. The Balaban J connectivity index is 2.18. The number of hydrogen-bond acceptors (Lipinski definition) is 5. The van der Waals surface area contributed by atoms with Gasteiger partial charge in [0, 0.05) is 23.3 Å². The van der Waals surface area contributed by atoms with Gasteiger partial charge in [0.05, 0.1) is 0 Å². The predicted octanol–water partition coefficient (Wildman–Crippen LogP) is 2.74. The third-order valence-electron chi connectivity index (χ3n) is 2.91. The van der Waals surface area contributed by atoms with E-state index in [0.717, 1.165) is 11.3 Å². The van der Waals surface area contributed by atoms with Crippen molar-refractivity contribution in [3.05, 3.63) is 47.9 Å². The van der Waals surface area contributed by atoms with Crippen LogP contribution in [0.1, 0.15) is 28.2 Å². The van der Waals surface area contributed by atoms with Gasteiger partial charge in [-0.2, -0.15) is 11.8 Å². The van der Waals surface area contributed by atoms with Crippen molar-refractivity contribution in [2.24, 2.45) is 0 Å². The zero-order valence-electron chi connectivity index (χ0n) is 11.3. The second-order valence-electron chi connectivity index (χ2n) is 4.25. The summed E-state index contributed by atoms with van der Waals surface area (Å²) in [6, 6.07) is 7.73. The summed E-state index contributed by atoms with van der Waals surface area (Å²) in [6.07, 6.45) is 4.94. The lowest BCUT2D eigenvalue weighted by Gasteiger charge is -2.11. The normalized spacial score (nSPS) is 11.9. The van der Waals surface area contributed by atoms with Gasteiger partial charge in [-0.15, -0.1) is 0 Å². The summed E-state index contributed by atoms with van der Waals surface area (Å²) in [5.41, 5.74) is 7.65. The second kappa shape index (κ2) is 6.38. The molecule has 1 heterocycles. The molecule has 0 bridgehead atoms. The topological polar surface area (TPSA) is 80.9 Å². The highest BCUT2D eigenvalue weighted by Gasteiger charge is 2.12. The Bertz CT molecular complexity index is 618. The summed E-state index contributed by atoms with van der Waals surface area (Å²) in [5, 5.41) is 3.16. The highest BCUT2D eigenvalue weighted by molar-refractivity contribution is 7.98. The molecule has 1 unspecified atom stereocenters. The number of carbonyl (C=O) groups excluding carboxylic acids is 1. The Hall–Kier alpha value is -2.08. The highest BCUT2D eigenvalue weighted by atomic mass is 32.2. The average molecular weight is 288 g/mol. The molecule has 0 fully saturated rings. The van der Waals surface area contributed by atoms with Crippen LogP contribution in [0, 0.1) is 0 Å². The summed E-state index contributed by atoms with van der Waals surface area (Å²) in [5.74, 6) is -0.233. The van der Waals surface area contributed by atoms with Gasteiger partial charge in [0.1, 0.15) is 0 Å². The van der Waals surface area contributed by atoms with E-state index in [2.05, 4.69) is 28.5 Å². The number of rotatable bonds is 4. The van der Waals surface area contributed by atoms with Crippen molar-refractivity contribution >= 4 is 29.2 Å². The zero-order chi connectivity index (χ0) is 14.5. The quantitative estimate of drug-likeness (QED) is 0.904. The molecule has 1 aromatic heterocycles. The number of carbonyl (C=O) groups is 1. The largest absolute Gasteiger partial charge is 0.382 e. The summed E-state index contributed by atoms with van der Waals surface area (Å²) in [7, 11) is 0. The first kappa shape index (κ1) is 14.3. The van der Waals surface area contributed by atoms with E-state index < -0.39 is 0 Å². The van der Waals surface area contributed by atoms with E-state index in [4.69, 9.17) is 5.73 Å². The minimum atomic E-state index is -0.357. The molecule has 0 saturated heterocycles. The molecule has 3 N–H and O–H groups in total. The minimum Gasteiger partial charge on any atom is -0.382 e. The molecule has 6 heteroatoms. The van der Waals surface area contributed by atoms with E-state index in [9.17, 15) is 4.79 Å². The van der Waals surface area contributed by atoms with Crippen LogP contribution in [0.2, 0.25) is 0 Å². The highest BCUT2D eigenvalue weighted by Crippen LogP contribution is 2.27. The van der Waals surface area contributed by atoms with Crippen molar-refractivity contribution in [1.82, 2.24) is 9.97 Å². The van der Waals surface area contributed by atoms with Crippen LogP contribution in [0.25, 0.3) is 0 Å². The van der Waals surface area contributed by atoms with Gasteiger partial charge in [-0.05, 0) is 30.9 Å². The maximum Gasteiger partial charge on any atom is 0.278 e. The number of nitrogens with two attached hydrogens (primary N) is 1. The number of amides is 1. The number of nitrogens with one attached hydrogen (secondary N) is 1. The fourth-order valence-corrected chi connectivity index (χ4v) is 2.14. The molecule has 0 aliphatic carbocycles. The Kier molecular flexibility index (Phi) is 4.57. The van der Waals surface area contributed by atoms with Gasteiger partial charge in [0.2, 0.25) is 0 Å². The lowest BCUT2D eigenvalue weighted by Crippen LogP contribution is -2.16. The molecule has 5 nitrogen and oxygen atoms in total. The molecule has 0 radical (unpaired) electrons. The van der Waals surface area contributed by atoms with Crippen molar-refractivity contribution < 1.29 is 4.79 Å². The monoisotopic (exact) mass is 288 g/mol.